The van der Waals surface area contributed by atoms with E-state index in [1.165, 1.54) is 0 Å². The molecule has 0 amide bonds. The van der Waals surface area contributed by atoms with Crippen molar-refractivity contribution in [3.63, 3.8) is 0 Å². The fourth-order valence-corrected chi connectivity index (χ4v) is 3.04. The van der Waals surface area contributed by atoms with Crippen LogP contribution in [0.3, 0.4) is 0 Å². The zero-order valence-corrected chi connectivity index (χ0v) is 14.6. The summed E-state index contributed by atoms with van der Waals surface area (Å²) in [6.45, 7) is 2.99. The minimum Gasteiger partial charge on any atom is -0.388 e. The molecule has 6 nitrogen and oxygen atoms in total. The molecule has 0 bridgehead atoms. The largest absolute Gasteiger partial charge is 0.388 e. The number of morpholine rings is 1. The van der Waals surface area contributed by atoms with Crippen molar-refractivity contribution in [1.29, 1.82) is 0 Å². The van der Waals surface area contributed by atoms with E-state index in [1.807, 2.05) is 43.4 Å². The summed E-state index contributed by atoms with van der Waals surface area (Å²) in [6.07, 6.45) is 1.78. The van der Waals surface area contributed by atoms with Crippen LogP contribution in [0, 0.1) is 0 Å². The molecule has 26 heavy (non-hydrogen) atoms. The summed E-state index contributed by atoms with van der Waals surface area (Å²) >= 11 is 0. The summed E-state index contributed by atoms with van der Waals surface area (Å²) in [5, 5.41) is 3.05. The maximum Gasteiger partial charge on any atom is 0.193 e. The van der Waals surface area contributed by atoms with Crippen molar-refractivity contribution in [2.45, 2.75) is 0 Å². The van der Waals surface area contributed by atoms with Crippen LogP contribution < -0.4 is 10.2 Å². The van der Waals surface area contributed by atoms with Gasteiger partial charge >= 0.3 is 0 Å². The van der Waals surface area contributed by atoms with E-state index in [0.29, 0.717) is 24.3 Å². The molecule has 4 rings (SSSR count). The van der Waals surface area contributed by atoms with Crippen LogP contribution in [0.2, 0.25) is 0 Å². The Morgan fingerprint density at radius 1 is 1.04 bits per heavy atom. The van der Waals surface area contributed by atoms with Crippen molar-refractivity contribution in [3.8, 4) is 0 Å². The molecule has 2 heterocycles. The first kappa shape index (κ1) is 16.5. The number of nitrogens with zero attached hydrogens (tertiary/aromatic N) is 3. The first-order valence-electron chi connectivity index (χ1n) is 8.66. The van der Waals surface area contributed by atoms with E-state index in [9.17, 15) is 4.79 Å². The van der Waals surface area contributed by atoms with Gasteiger partial charge in [-0.05, 0) is 42.5 Å². The van der Waals surface area contributed by atoms with E-state index in [1.54, 1.807) is 12.3 Å². The monoisotopic (exact) mass is 348 g/mol. The highest BCUT2D eigenvalue weighted by Crippen LogP contribution is 2.20. The van der Waals surface area contributed by atoms with E-state index in [-0.39, 0.29) is 5.78 Å². The summed E-state index contributed by atoms with van der Waals surface area (Å²) in [7, 11) is 1.85. The highest BCUT2D eigenvalue weighted by atomic mass is 16.5. The molecule has 0 unspecified atom stereocenters. The second-order valence-electron chi connectivity index (χ2n) is 6.19. The van der Waals surface area contributed by atoms with Crippen LogP contribution in [0.1, 0.15) is 15.9 Å². The Kier molecular flexibility index (Phi) is 4.50. The lowest BCUT2D eigenvalue weighted by Crippen LogP contribution is -2.36. The van der Waals surface area contributed by atoms with Gasteiger partial charge in [0.25, 0.3) is 0 Å². The molecule has 1 aromatic heterocycles. The van der Waals surface area contributed by atoms with Crippen LogP contribution in [0.5, 0.6) is 0 Å². The molecule has 0 saturated carbocycles. The van der Waals surface area contributed by atoms with Gasteiger partial charge in [-0.25, -0.2) is 4.98 Å². The van der Waals surface area contributed by atoms with Crippen LogP contribution in [0.25, 0.3) is 11.0 Å². The van der Waals surface area contributed by atoms with Gasteiger partial charge in [-0.1, -0.05) is 0 Å². The predicted molar refractivity (Wildman–Crippen MR) is 102 cm³/mol. The number of hydrogen-bond acceptors (Lipinski definition) is 6. The third-order valence-electron chi connectivity index (χ3n) is 4.56. The standard InChI is InChI=1S/C20H20N4O2/c1-21-16-5-2-14(3-6-16)20(25)15-4-7-17-18(12-15)23-19(13-22-17)24-8-10-26-11-9-24/h2-7,12-13,21H,8-11H2,1H3. The topological polar surface area (TPSA) is 67.4 Å². The number of fused-ring (bicyclic) bond motifs is 1. The zero-order chi connectivity index (χ0) is 17.9. The molecule has 0 spiro atoms. The molecule has 1 fully saturated rings. The van der Waals surface area contributed by atoms with Gasteiger partial charge in [0.15, 0.2) is 5.78 Å². The summed E-state index contributed by atoms with van der Waals surface area (Å²) in [6, 6.07) is 12.9. The SMILES string of the molecule is CNc1ccc(C(=O)c2ccc3ncc(N4CCOCC4)nc3c2)cc1. The van der Waals surface area contributed by atoms with Crippen molar-refractivity contribution >= 4 is 28.3 Å². The number of hydrogen-bond donors (Lipinski definition) is 1. The van der Waals surface area contributed by atoms with Crippen molar-refractivity contribution in [2.24, 2.45) is 0 Å². The summed E-state index contributed by atoms with van der Waals surface area (Å²) in [5.41, 5.74) is 3.75. The number of benzene rings is 2. The Bertz CT molecular complexity index is 934. The quantitative estimate of drug-likeness (QED) is 0.731. The van der Waals surface area contributed by atoms with Crippen molar-refractivity contribution < 1.29 is 9.53 Å². The van der Waals surface area contributed by atoms with E-state index in [0.717, 1.165) is 35.6 Å². The lowest BCUT2D eigenvalue weighted by molar-refractivity contribution is 0.103. The molecule has 0 atom stereocenters. The highest BCUT2D eigenvalue weighted by molar-refractivity contribution is 6.10. The Morgan fingerprint density at radius 3 is 2.50 bits per heavy atom. The molecule has 1 aliphatic rings. The van der Waals surface area contributed by atoms with Gasteiger partial charge in [0.05, 0.1) is 30.4 Å². The Labute approximate surface area is 151 Å². The van der Waals surface area contributed by atoms with Crippen molar-refractivity contribution in [1.82, 2.24) is 9.97 Å². The van der Waals surface area contributed by atoms with Gasteiger partial charge in [0.2, 0.25) is 0 Å². The Morgan fingerprint density at radius 2 is 1.77 bits per heavy atom. The fourth-order valence-electron chi connectivity index (χ4n) is 3.04. The second-order valence-corrected chi connectivity index (χ2v) is 6.19. The predicted octanol–water partition coefficient (Wildman–Crippen LogP) is 2.74. The van der Waals surface area contributed by atoms with Crippen molar-refractivity contribution in [2.75, 3.05) is 43.6 Å². The van der Waals surface area contributed by atoms with E-state index < -0.39 is 0 Å². The molecule has 1 N–H and O–H groups in total. The van der Waals surface area contributed by atoms with Gasteiger partial charge in [0.1, 0.15) is 5.82 Å². The van der Waals surface area contributed by atoms with Gasteiger partial charge < -0.3 is 15.0 Å². The first-order valence-corrected chi connectivity index (χ1v) is 8.66. The number of ketones is 1. The molecule has 132 valence electrons. The van der Waals surface area contributed by atoms with Crippen LogP contribution in [0.4, 0.5) is 11.5 Å². The molecule has 3 aromatic rings. The molecule has 1 aliphatic heterocycles. The number of rotatable bonds is 4. The highest BCUT2D eigenvalue weighted by Gasteiger charge is 2.15. The molecule has 6 heteroatoms. The summed E-state index contributed by atoms with van der Waals surface area (Å²) < 4.78 is 5.39. The van der Waals surface area contributed by atoms with E-state index >= 15 is 0 Å². The number of carbonyl (C=O) groups is 1. The number of aromatic nitrogens is 2. The smallest absolute Gasteiger partial charge is 0.193 e. The van der Waals surface area contributed by atoms with E-state index in [4.69, 9.17) is 9.72 Å². The minimum absolute atomic E-state index is 0.0203. The van der Waals surface area contributed by atoms with Crippen LogP contribution in [-0.4, -0.2) is 49.1 Å². The summed E-state index contributed by atoms with van der Waals surface area (Å²) in [4.78, 5) is 24.1. The van der Waals surface area contributed by atoms with Gasteiger partial charge in [0, 0.05) is 37.0 Å². The maximum atomic E-state index is 12.8. The average Bonchev–Trinajstić information content (AvgIpc) is 2.73. The van der Waals surface area contributed by atoms with Gasteiger partial charge in [-0.2, -0.15) is 0 Å². The summed E-state index contributed by atoms with van der Waals surface area (Å²) in [5.74, 6) is 0.803. The maximum absolute atomic E-state index is 12.8. The number of nitrogens with one attached hydrogen (secondary N) is 1. The first-order chi connectivity index (χ1) is 12.7. The Hall–Kier alpha value is -2.99. The second kappa shape index (κ2) is 7.09. The van der Waals surface area contributed by atoms with Gasteiger partial charge in [-0.15, -0.1) is 0 Å². The molecule has 0 radical (unpaired) electrons. The van der Waals surface area contributed by atoms with Crippen LogP contribution in [-0.2, 0) is 4.74 Å². The average molecular weight is 348 g/mol. The number of ether oxygens (including phenoxy) is 1. The molecular weight excluding hydrogens is 328 g/mol. The third-order valence-corrected chi connectivity index (χ3v) is 4.56. The zero-order valence-electron chi connectivity index (χ0n) is 14.6. The van der Waals surface area contributed by atoms with Crippen molar-refractivity contribution in [3.05, 3.63) is 59.8 Å². The van der Waals surface area contributed by atoms with E-state index in [2.05, 4.69) is 15.2 Å². The Balaban J connectivity index is 1.65. The molecule has 1 saturated heterocycles. The molecule has 2 aromatic carbocycles. The molecule has 0 aliphatic carbocycles. The molecular formula is C20H20N4O2. The van der Waals surface area contributed by atoms with Crippen LogP contribution >= 0.6 is 0 Å². The lowest BCUT2D eigenvalue weighted by atomic mass is 10.0. The third kappa shape index (κ3) is 3.23. The normalized spacial score (nSPS) is 14.4. The fraction of sp³-hybridized carbons (Fsp3) is 0.250. The van der Waals surface area contributed by atoms with Crippen LogP contribution in [0.15, 0.2) is 48.7 Å². The number of carbonyl (C=O) groups excluding carboxylic acids is 1. The van der Waals surface area contributed by atoms with Gasteiger partial charge in [-0.3, -0.25) is 9.78 Å². The lowest BCUT2D eigenvalue weighted by Gasteiger charge is -2.27. The number of anilines is 2. The minimum atomic E-state index is -0.0203.